The fourth-order valence-electron chi connectivity index (χ4n) is 2.24. The molecule has 1 amide bonds. The van der Waals surface area contributed by atoms with E-state index in [2.05, 4.69) is 4.98 Å². The van der Waals surface area contributed by atoms with E-state index in [0.717, 1.165) is 25.7 Å². The predicted molar refractivity (Wildman–Crippen MR) is 59.0 cm³/mol. The maximum Gasteiger partial charge on any atom is 0.329 e. The molecule has 1 aliphatic carbocycles. The summed E-state index contributed by atoms with van der Waals surface area (Å²) in [5.74, 6) is 0. The molecule has 0 saturated heterocycles. The highest BCUT2D eigenvalue weighted by atomic mass is 16.3. The van der Waals surface area contributed by atoms with Gasteiger partial charge in [0, 0.05) is 19.4 Å². The Morgan fingerprint density at radius 2 is 2.25 bits per heavy atom. The molecule has 0 aromatic carbocycles. The molecule has 5 heteroatoms. The lowest BCUT2D eigenvalue weighted by atomic mass is 9.92. The van der Waals surface area contributed by atoms with Crippen LogP contribution in [0, 0.1) is 0 Å². The second-order valence-corrected chi connectivity index (χ2v) is 4.28. The Bertz CT molecular complexity index is 350. The van der Waals surface area contributed by atoms with E-state index in [9.17, 15) is 9.90 Å². The third kappa shape index (κ3) is 2.09. The number of nitrogens with zero attached hydrogens (tertiary/aromatic N) is 3. The van der Waals surface area contributed by atoms with Crippen molar-refractivity contribution in [1.82, 2.24) is 14.5 Å². The Morgan fingerprint density at radius 1 is 1.50 bits per heavy atom. The first kappa shape index (κ1) is 11.1. The van der Waals surface area contributed by atoms with E-state index in [1.807, 2.05) is 0 Å². The van der Waals surface area contributed by atoms with Crippen LogP contribution >= 0.6 is 0 Å². The Labute approximate surface area is 94.7 Å². The molecule has 1 aromatic rings. The number of carbonyl (C=O) groups is 1. The molecule has 0 bridgehead atoms. The highest BCUT2D eigenvalue weighted by Crippen LogP contribution is 2.22. The average Bonchev–Trinajstić information content (AvgIpc) is 2.81. The van der Waals surface area contributed by atoms with Crippen molar-refractivity contribution < 1.29 is 9.90 Å². The van der Waals surface area contributed by atoms with Crippen molar-refractivity contribution in [2.45, 2.75) is 37.8 Å². The van der Waals surface area contributed by atoms with Crippen LogP contribution in [-0.2, 0) is 0 Å². The van der Waals surface area contributed by atoms with Crippen molar-refractivity contribution in [3.8, 4) is 0 Å². The molecule has 1 saturated carbocycles. The molecule has 5 nitrogen and oxygen atoms in total. The average molecular weight is 223 g/mol. The lowest BCUT2D eigenvalue weighted by Crippen LogP contribution is -2.47. The number of aliphatic hydroxyl groups excluding tert-OH is 1. The maximum absolute atomic E-state index is 12.0. The largest absolute Gasteiger partial charge is 0.391 e. The Balaban J connectivity index is 2.06. The summed E-state index contributed by atoms with van der Waals surface area (Å²) in [6.07, 6.45) is 8.05. The first-order valence-electron chi connectivity index (χ1n) is 5.63. The van der Waals surface area contributed by atoms with Gasteiger partial charge in [-0.25, -0.2) is 9.78 Å². The van der Waals surface area contributed by atoms with E-state index < -0.39 is 6.10 Å². The van der Waals surface area contributed by atoms with E-state index in [4.69, 9.17) is 0 Å². The van der Waals surface area contributed by atoms with Crippen molar-refractivity contribution in [1.29, 1.82) is 0 Å². The fourth-order valence-corrected chi connectivity index (χ4v) is 2.24. The third-order valence-electron chi connectivity index (χ3n) is 3.22. The summed E-state index contributed by atoms with van der Waals surface area (Å²) in [6, 6.07) is -0.202. The Hall–Kier alpha value is -1.36. The fraction of sp³-hybridized carbons (Fsp3) is 0.636. The molecule has 2 atom stereocenters. The number of imidazole rings is 1. The van der Waals surface area contributed by atoms with Gasteiger partial charge in [-0.3, -0.25) is 4.57 Å². The standard InChI is InChI=1S/C11H17N3O2/c1-13(9-4-2-3-5-10(9)15)11(16)14-7-6-12-8-14/h6-10,15H,2-5H2,1H3. The molecule has 16 heavy (non-hydrogen) atoms. The summed E-state index contributed by atoms with van der Waals surface area (Å²) in [5.41, 5.74) is 0. The Kier molecular flexibility index (Phi) is 3.24. The summed E-state index contributed by atoms with van der Waals surface area (Å²) in [6.45, 7) is 0. The summed E-state index contributed by atoms with van der Waals surface area (Å²) < 4.78 is 1.43. The number of aliphatic hydroxyl groups is 1. The highest BCUT2D eigenvalue weighted by molar-refractivity contribution is 5.76. The van der Waals surface area contributed by atoms with Gasteiger partial charge in [0.05, 0.1) is 12.1 Å². The van der Waals surface area contributed by atoms with Crippen molar-refractivity contribution >= 4 is 6.03 Å². The molecule has 0 aliphatic heterocycles. The molecule has 2 rings (SSSR count). The van der Waals surface area contributed by atoms with Gasteiger partial charge in [-0.15, -0.1) is 0 Å². The second kappa shape index (κ2) is 4.65. The number of amides is 1. The summed E-state index contributed by atoms with van der Waals surface area (Å²) in [7, 11) is 1.74. The van der Waals surface area contributed by atoms with Crippen LogP contribution in [0.1, 0.15) is 25.7 Å². The van der Waals surface area contributed by atoms with Crippen LogP contribution in [0.2, 0.25) is 0 Å². The Morgan fingerprint density at radius 3 is 2.88 bits per heavy atom. The van der Waals surface area contributed by atoms with Crippen LogP contribution in [0.5, 0.6) is 0 Å². The van der Waals surface area contributed by atoms with E-state index >= 15 is 0 Å². The van der Waals surface area contributed by atoms with E-state index in [-0.39, 0.29) is 12.1 Å². The molecular formula is C11H17N3O2. The molecule has 1 aromatic heterocycles. The van der Waals surface area contributed by atoms with Gasteiger partial charge in [0.15, 0.2) is 0 Å². The number of hydrogen-bond donors (Lipinski definition) is 1. The lowest BCUT2D eigenvalue weighted by molar-refractivity contribution is 0.0468. The summed E-state index contributed by atoms with van der Waals surface area (Å²) in [5, 5.41) is 9.87. The zero-order chi connectivity index (χ0) is 11.5. The first-order valence-corrected chi connectivity index (χ1v) is 5.63. The SMILES string of the molecule is CN(C(=O)n1ccnc1)C1CCCCC1O. The zero-order valence-electron chi connectivity index (χ0n) is 9.41. The van der Waals surface area contributed by atoms with E-state index in [1.54, 1.807) is 24.3 Å². The minimum atomic E-state index is -0.397. The number of hydrogen-bond acceptors (Lipinski definition) is 3. The summed E-state index contributed by atoms with van der Waals surface area (Å²) >= 11 is 0. The number of aromatic nitrogens is 2. The van der Waals surface area contributed by atoms with Crippen molar-refractivity contribution in [2.24, 2.45) is 0 Å². The van der Waals surface area contributed by atoms with Crippen molar-refractivity contribution in [3.63, 3.8) is 0 Å². The number of rotatable bonds is 1. The molecule has 88 valence electrons. The molecule has 2 unspecified atom stereocenters. The molecule has 1 heterocycles. The molecule has 0 spiro atoms. The molecule has 1 aliphatic rings. The number of carbonyl (C=O) groups excluding carboxylic acids is 1. The minimum Gasteiger partial charge on any atom is -0.391 e. The molecule has 1 fully saturated rings. The van der Waals surface area contributed by atoms with E-state index in [1.165, 1.54) is 10.9 Å². The van der Waals surface area contributed by atoms with Crippen LogP contribution in [0.3, 0.4) is 0 Å². The molecular weight excluding hydrogens is 206 g/mol. The van der Waals surface area contributed by atoms with Crippen LogP contribution in [0.25, 0.3) is 0 Å². The minimum absolute atomic E-state index is 0.0661. The second-order valence-electron chi connectivity index (χ2n) is 4.28. The van der Waals surface area contributed by atoms with Gasteiger partial charge in [0.25, 0.3) is 0 Å². The van der Waals surface area contributed by atoms with Gasteiger partial charge in [-0.05, 0) is 12.8 Å². The van der Waals surface area contributed by atoms with Gasteiger partial charge in [-0.2, -0.15) is 0 Å². The van der Waals surface area contributed by atoms with Crippen LogP contribution < -0.4 is 0 Å². The molecule has 1 N–H and O–H groups in total. The first-order chi connectivity index (χ1) is 7.70. The van der Waals surface area contributed by atoms with Gasteiger partial charge < -0.3 is 10.0 Å². The normalized spacial score (nSPS) is 25.4. The smallest absolute Gasteiger partial charge is 0.329 e. The highest BCUT2D eigenvalue weighted by Gasteiger charge is 2.29. The van der Waals surface area contributed by atoms with Crippen molar-refractivity contribution in [3.05, 3.63) is 18.7 Å². The van der Waals surface area contributed by atoms with Gasteiger partial charge in [0.2, 0.25) is 0 Å². The quantitative estimate of drug-likeness (QED) is 0.775. The lowest BCUT2D eigenvalue weighted by Gasteiger charge is -2.34. The predicted octanol–water partition coefficient (Wildman–Crippen LogP) is 1.09. The maximum atomic E-state index is 12.0. The topological polar surface area (TPSA) is 58.4 Å². The van der Waals surface area contributed by atoms with Crippen molar-refractivity contribution in [2.75, 3.05) is 7.05 Å². The van der Waals surface area contributed by atoms with E-state index in [0.29, 0.717) is 0 Å². The van der Waals surface area contributed by atoms with Crippen LogP contribution in [0.4, 0.5) is 4.79 Å². The van der Waals surface area contributed by atoms with Crippen LogP contribution in [0.15, 0.2) is 18.7 Å². The zero-order valence-corrected chi connectivity index (χ0v) is 9.41. The van der Waals surface area contributed by atoms with Gasteiger partial charge >= 0.3 is 6.03 Å². The van der Waals surface area contributed by atoms with Crippen LogP contribution in [-0.4, -0.2) is 44.8 Å². The monoisotopic (exact) mass is 223 g/mol. The van der Waals surface area contributed by atoms with Gasteiger partial charge in [-0.1, -0.05) is 12.8 Å². The number of likely N-dealkylation sites (N-methyl/N-ethyl adjacent to an activating group) is 1. The van der Waals surface area contributed by atoms with Gasteiger partial charge in [0.1, 0.15) is 6.33 Å². The summed E-state index contributed by atoms with van der Waals surface area (Å²) in [4.78, 5) is 17.4. The molecule has 0 radical (unpaired) electrons. The third-order valence-corrected chi connectivity index (χ3v) is 3.22.